The number of ether oxygens (including phenoxy) is 2. The van der Waals surface area contributed by atoms with Crippen molar-refractivity contribution in [1.29, 1.82) is 0 Å². The monoisotopic (exact) mass is 462 g/mol. The number of aryl methyl sites for hydroxylation is 1. The van der Waals surface area contributed by atoms with E-state index in [0.29, 0.717) is 28.9 Å². The standard InChI is InChI=1S/C21H23BrN2O5/c1-3-23-18-10-5-14(20(26)28-4-2)11-19(18)24(21(23)27)12-16(25)13-29-17-8-6-15(22)7-9-17/h5-11,16,25H,3-4,12-13H2,1-2H3. The normalized spacial score (nSPS) is 12.1. The molecule has 29 heavy (non-hydrogen) atoms. The number of carbonyl (C=O) groups excluding carboxylic acids is 1. The lowest BCUT2D eigenvalue weighted by Gasteiger charge is -2.13. The Hall–Kier alpha value is -2.58. The molecule has 1 atom stereocenters. The molecule has 1 heterocycles. The molecule has 0 radical (unpaired) electrons. The average molecular weight is 463 g/mol. The molecule has 154 valence electrons. The predicted octanol–water partition coefficient (Wildman–Crippen LogP) is 3.20. The summed E-state index contributed by atoms with van der Waals surface area (Å²) >= 11 is 3.36. The van der Waals surface area contributed by atoms with Crippen molar-refractivity contribution in [3.8, 4) is 5.75 Å². The number of hydrogen-bond donors (Lipinski definition) is 1. The van der Waals surface area contributed by atoms with Gasteiger partial charge < -0.3 is 14.6 Å². The van der Waals surface area contributed by atoms with E-state index in [1.807, 2.05) is 19.1 Å². The molecule has 0 spiro atoms. The summed E-state index contributed by atoms with van der Waals surface area (Å²) in [6.45, 7) is 4.44. The third kappa shape index (κ3) is 4.71. The Morgan fingerprint density at radius 2 is 1.83 bits per heavy atom. The Bertz CT molecular complexity index is 1060. The highest BCUT2D eigenvalue weighted by atomic mass is 79.9. The summed E-state index contributed by atoms with van der Waals surface area (Å²) in [7, 11) is 0. The maximum absolute atomic E-state index is 12.8. The number of aromatic nitrogens is 2. The molecule has 0 saturated carbocycles. The second-order valence-electron chi connectivity index (χ2n) is 6.48. The molecule has 0 fully saturated rings. The number of hydrogen-bond acceptors (Lipinski definition) is 5. The summed E-state index contributed by atoms with van der Waals surface area (Å²) in [6.07, 6.45) is -0.904. The second kappa shape index (κ2) is 9.28. The minimum Gasteiger partial charge on any atom is -0.491 e. The van der Waals surface area contributed by atoms with E-state index >= 15 is 0 Å². The molecule has 0 saturated heterocycles. The van der Waals surface area contributed by atoms with E-state index in [4.69, 9.17) is 9.47 Å². The largest absolute Gasteiger partial charge is 0.491 e. The van der Waals surface area contributed by atoms with Gasteiger partial charge in [0.25, 0.3) is 0 Å². The summed E-state index contributed by atoms with van der Waals surface area (Å²) in [4.78, 5) is 24.9. The lowest BCUT2D eigenvalue weighted by molar-refractivity contribution is 0.0526. The summed E-state index contributed by atoms with van der Waals surface area (Å²) < 4.78 is 14.7. The van der Waals surface area contributed by atoms with Crippen LogP contribution >= 0.6 is 15.9 Å². The van der Waals surface area contributed by atoms with Crippen LogP contribution in [0.3, 0.4) is 0 Å². The number of aliphatic hydroxyl groups excluding tert-OH is 1. The molecule has 0 aliphatic rings. The molecule has 1 unspecified atom stereocenters. The number of aliphatic hydroxyl groups is 1. The van der Waals surface area contributed by atoms with Crippen molar-refractivity contribution in [3.63, 3.8) is 0 Å². The van der Waals surface area contributed by atoms with E-state index in [2.05, 4.69) is 15.9 Å². The maximum Gasteiger partial charge on any atom is 0.338 e. The molecule has 0 amide bonds. The summed E-state index contributed by atoms with van der Waals surface area (Å²) in [6, 6.07) is 12.3. The third-order valence-electron chi connectivity index (χ3n) is 4.50. The summed E-state index contributed by atoms with van der Waals surface area (Å²) in [5.41, 5.74) is 1.39. The molecule has 0 aliphatic heterocycles. The van der Waals surface area contributed by atoms with E-state index in [9.17, 15) is 14.7 Å². The highest BCUT2D eigenvalue weighted by Gasteiger charge is 2.18. The minimum absolute atomic E-state index is 0.0322. The summed E-state index contributed by atoms with van der Waals surface area (Å²) in [5.74, 6) is 0.178. The molecular formula is C21H23BrN2O5. The number of benzene rings is 2. The van der Waals surface area contributed by atoms with Gasteiger partial charge in [-0.2, -0.15) is 0 Å². The third-order valence-corrected chi connectivity index (χ3v) is 5.02. The van der Waals surface area contributed by atoms with Crippen molar-refractivity contribution in [3.05, 3.63) is 63.0 Å². The SMILES string of the molecule is CCOC(=O)c1ccc2c(c1)n(CC(O)COc1ccc(Br)cc1)c(=O)n2CC. The number of carbonyl (C=O) groups is 1. The molecule has 8 heteroatoms. The van der Waals surface area contributed by atoms with E-state index in [0.717, 1.165) is 4.47 Å². The van der Waals surface area contributed by atoms with Crippen LogP contribution in [0.5, 0.6) is 5.75 Å². The van der Waals surface area contributed by atoms with E-state index < -0.39 is 12.1 Å². The van der Waals surface area contributed by atoms with Crippen molar-refractivity contribution >= 4 is 32.9 Å². The van der Waals surface area contributed by atoms with Crippen LogP contribution < -0.4 is 10.4 Å². The lowest BCUT2D eigenvalue weighted by Crippen LogP contribution is -2.31. The van der Waals surface area contributed by atoms with Crippen molar-refractivity contribution in [2.45, 2.75) is 33.0 Å². The van der Waals surface area contributed by atoms with Gasteiger partial charge in [0.2, 0.25) is 0 Å². The first-order chi connectivity index (χ1) is 13.9. The van der Waals surface area contributed by atoms with Crippen molar-refractivity contribution in [1.82, 2.24) is 9.13 Å². The number of fused-ring (bicyclic) bond motifs is 1. The predicted molar refractivity (Wildman–Crippen MR) is 113 cm³/mol. The van der Waals surface area contributed by atoms with Crippen molar-refractivity contribution in [2.75, 3.05) is 13.2 Å². The Morgan fingerprint density at radius 1 is 1.10 bits per heavy atom. The molecule has 1 N–H and O–H groups in total. The molecule has 1 aromatic heterocycles. The summed E-state index contributed by atoms with van der Waals surface area (Å²) in [5, 5.41) is 10.5. The molecule has 0 aliphatic carbocycles. The van der Waals surface area contributed by atoms with Gasteiger partial charge in [-0.05, 0) is 56.3 Å². The van der Waals surface area contributed by atoms with Crippen LogP contribution in [0.25, 0.3) is 11.0 Å². The second-order valence-corrected chi connectivity index (χ2v) is 7.40. The van der Waals surface area contributed by atoms with E-state index in [1.165, 1.54) is 4.57 Å². The Morgan fingerprint density at radius 3 is 2.48 bits per heavy atom. The zero-order valence-corrected chi connectivity index (χ0v) is 17.9. The number of nitrogens with zero attached hydrogens (tertiary/aromatic N) is 2. The first-order valence-electron chi connectivity index (χ1n) is 9.41. The fraction of sp³-hybridized carbons (Fsp3) is 0.333. The van der Waals surface area contributed by atoms with Crippen LogP contribution in [0, 0.1) is 0 Å². The van der Waals surface area contributed by atoms with Gasteiger partial charge in [-0.25, -0.2) is 9.59 Å². The van der Waals surface area contributed by atoms with Gasteiger partial charge in [0.05, 0.1) is 29.7 Å². The van der Waals surface area contributed by atoms with Crippen molar-refractivity contribution < 1.29 is 19.4 Å². The first kappa shape index (κ1) is 21.1. The Kier molecular flexibility index (Phi) is 6.76. The lowest BCUT2D eigenvalue weighted by atomic mass is 10.2. The molecule has 3 aromatic rings. The number of imidazole rings is 1. The molecule has 0 bridgehead atoms. The van der Waals surface area contributed by atoms with Gasteiger partial charge in [-0.3, -0.25) is 9.13 Å². The van der Waals surface area contributed by atoms with E-state index in [1.54, 1.807) is 41.8 Å². The van der Waals surface area contributed by atoms with Gasteiger partial charge in [0.15, 0.2) is 0 Å². The highest BCUT2D eigenvalue weighted by molar-refractivity contribution is 9.10. The minimum atomic E-state index is -0.904. The van der Waals surface area contributed by atoms with Crippen LogP contribution in [-0.4, -0.2) is 39.5 Å². The van der Waals surface area contributed by atoms with Crippen molar-refractivity contribution in [2.24, 2.45) is 0 Å². The maximum atomic E-state index is 12.8. The van der Waals surface area contributed by atoms with Crippen LogP contribution in [0.4, 0.5) is 0 Å². The van der Waals surface area contributed by atoms with Crippen LogP contribution in [0.1, 0.15) is 24.2 Å². The topological polar surface area (TPSA) is 82.7 Å². The quantitative estimate of drug-likeness (QED) is 0.519. The van der Waals surface area contributed by atoms with Crippen LogP contribution in [0.2, 0.25) is 0 Å². The van der Waals surface area contributed by atoms with Gasteiger partial charge in [0, 0.05) is 11.0 Å². The van der Waals surface area contributed by atoms with Gasteiger partial charge in [0.1, 0.15) is 18.5 Å². The van der Waals surface area contributed by atoms with Gasteiger partial charge in [-0.15, -0.1) is 0 Å². The zero-order chi connectivity index (χ0) is 21.0. The number of halogens is 1. The average Bonchev–Trinajstić information content (AvgIpc) is 2.98. The van der Waals surface area contributed by atoms with Crippen LogP contribution in [-0.2, 0) is 17.8 Å². The van der Waals surface area contributed by atoms with Gasteiger partial charge >= 0.3 is 11.7 Å². The number of esters is 1. The Balaban J connectivity index is 1.85. The smallest absolute Gasteiger partial charge is 0.338 e. The fourth-order valence-electron chi connectivity index (χ4n) is 3.13. The number of rotatable bonds is 8. The van der Waals surface area contributed by atoms with Crippen LogP contribution in [0.15, 0.2) is 51.7 Å². The van der Waals surface area contributed by atoms with Gasteiger partial charge in [-0.1, -0.05) is 15.9 Å². The molecule has 3 rings (SSSR count). The van der Waals surface area contributed by atoms with E-state index in [-0.39, 0.29) is 25.4 Å². The zero-order valence-electron chi connectivity index (χ0n) is 16.3. The Labute approximate surface area is 176 Å². The molecule has 7 nitrogen and oxygen atoms in total. The first-order valence-corrected chi connectivity index (χ1v) is 10.2. The molecule has 2 aromatic carbocycles. The fourth-order valence-corrected chi connectivity index (χ4v) is 3.39. The molecular weight excluding hydrogens is 440 g/mol. The highest BCUT2D eigenvalue weighted by Crippen LogP contribution is 2.18.